The first-order valence-corrected chi connectivity index (χ1v) is 8.34. The molecular weight excluding hydrogens is 270 g/mol. The van der Waals surface area contributed by atoms with Gasteiger partial charge in [-0.15, -0.1) is 0 Å². The lowest BCUT2D eigenvalue weighted by molar-refractivity contribution is 0.194. The molecule has 1 unspecified atom stereocenters. The molecule has 0 amide bonds. The quantitative estimate of drug-likeness (QED) is 0.767. The molecule has 20 heavy (non-hydrogen) atoms. The number of hydrogen-bond donors (Lipinski definition) is 0. The number of rotatable bonds is 6. The van der Waals surface area contributed by atoms with E-state index in [0.29, 0.717) is 0 Å². The normalized spacial score (nSPS) is 18.9. The van der Waals surface area contributed by atoms with Gasteiger partial charge in [-0.05, 0) is 37.1 Å². The molecule has 5 heteroatoms. The number of thioether (sulfide) groups is 1. The van der Waals surface area contributed by atoms with E-state index in [4.69, 9.17) is 9.72 Å². The Morgan fingerprint density at radius 2 is 2.45 bits per heavy atom. The van der Waals surface area contributed by atoms with E-state index in [1.807, 2.05) is 12.3 Å². The Morgan fingerprint density at radius 1 is 1.50 bits per heavy atom. The van der Waals surface area contributed by atoms with Gasteiger partial charge < -0.3 is 9.30 Å². The molecule has 1 saturated heterocycles. The summed E-state index contributed by atoms with van der Waals surface area (Å²) < 4.78 is 7.48. The zero-order valence-corrected chi connectivity index (χ0v) is 12.7. The third-order valence-corrected chi connectivity index (χ3v) is 5.12. The minimum atomic E-state index is 0.718. The lowest BCUT2D eigenvalue weighted by Crippen LogP contribution is -2.13. The van der Waals surface area contributed by atoms with E-state index in [2.05, 4.69) is 27.4 Å². The minimum absolute atomic E-state index is 0.718. The van der Waals surface area contributed by atoms with Crippen molar-refractivity contribution in [1.29, 1.82) is 0 Å². The minimum Gasteiger partial charge on any atom is -0.385 e. The summed E-state index contributed by atoms with van der Waals surface area (Å²) in [4.78, 5) is 9.29. The maximum Gasteiger partial charge on any atom is 0.160 e. The molecule has 0 saturated carbocycles. The zero-order chi connectivity index (χ0) is 13.8. The van der Waals surface area contributed by atoms with Gasteiger partial charge in [-0.25, -0.2) is 9.97 Å². The second-order valence-electron chi connectivity index (χ2n) is 5.22. The van der Waals surface area contributed by atoms with Crippen LogP contribution >= 0.6 is 11.8 Å². The summed E-state index contributed by atoms with van der Waals surface area (Å²) in [5, 5.41) is 0.718. The first-order valence-electron chi connectivity index (χ1n) is 7.29. The third kappa shape index (κ3) is 2.99. The van der Waals surface area contributed by atoms with Crippen LogP contribution in [0, 0.1) is 0 Å². The van der Waals surface area contributed by atoms with E-state index in [9.17, 15) is 0 Å². The molecule has 1 aliphatic heterocycles. The fourth-order valence-corrected chi connectivity index (χ4v) is 4.01. The first-order chi connectivity index (χ1) is 9.88. The molecule has 0 aromatic carbocycles. The van der Waals surface area contributed by atoms with Crippen LogP contribution in [0.2, 0.25) is 0 Å². The van der Waals surface area contributed by atoms with Crippen LogP contribution in [-0.2, 0) is 17.7 Å². The van der Waals surface area contributed by atoms with Crippen molar-refractivity contribution in [2.75, 3.05) is 19.5 Å². The molecule has 3 rings (SSSR count). The largest absolute Gasteiger partial charge is 0.385 e. The van der Waals surface area contributed by atoms with Crippen molar-refractivity contribution in [2.45, 2.75) is 37.5 Å². The van der Waals surface area contributed by atoms with Crippen LogP contribution in [0.1, 0.15) is 25.1 Å². The van der Waals surface area contributed by atoms with Crippen LogP contribution in [0.3, 0.4) is 0 Å². The second-order valence-corrected chi connectivity index (χ2v) is 6.62. The molecule has 0 aliphatic carbocycles. The first kappa shape index (κ1) is 13.9. The van der Waals surface area contributed by atoms with E-state index in [-0.39, 0.29) is 0 Å². The maximum atomic E-state index is 5.15. The van der Waals surface area contributed by atoms with Crippen LogP contribution in [-0.4, -0.2) is 39.3 Å². The van der Waals surface area contributed by atoms with Crippen molar-refractivity contribution in [3.05, 3.63) is 24.2 Å². The Hall–Kier alpha value is -1.07. The molecule has 1 atom stereocenters. The van der Waals surface area contributed by atoms with Crippen molar-refractivity contribution < 1.29 is 4.74 Å². The summed E-state index contributed by atoms with van der Waals surface area (Å²) >= 11 is 2.09. The maximum absolute atomic E-state index is 5.15. The third-order valence-electron chi connectivity index (χ3n) is 3.74. The smallest absolute Gasteiger partial charge is 0.160 e. The summed E-state index contributed by atoms with van der Waals surface area (Å²) in [6.07, 6.45) is 6.49. The molecular formula is C15H21N3OS. The van der Waals surface area contributed by atoms with E-state index in [1.165, 1.54) is 18.6 Å². The standard InChI is InChI=1S/C15H21N3OS/c1-19-9-3-7-14-17-13-6-2-8-16-15(13)18(14)11-12-5-4-10-20-12/h2,6,8,12H,3-5,7,9-11H2,1H3. The highest BCUT2D eigenvalue weighted by molar-refractivity contribution is 8.00. The molecule has 0 N–H and O–H groups in total. The van der Waals surface area contributed by atoms with Gasteiger partial charge >= 0.3 is 0 Å². The van der Waals surface area contributed by atoms with Gasteiger partial charge in [-0.2, -0.15) is 11.8 Å². The Morgan fingerprint density at radius 3 is 3.25 bits per heavy atom. The lowest BCUT2D eigenvalue weighted by atomic mass is 10.2. The molecule has 2 aromatic rings. The summed E-state index contributed by atoms with van der Waals surface area (Å²) in [5.41, 5.74) is 2.05. The molecule has 3 heterocycles. The van der Waals surface area contributed by atoms with Gasteiger partial charge in [0.15, 0.2) is 5.65 Å². The number of nitrogens with zero attached hydrogens (tertiary/aromatic N) is 3. The molecule has 1 aliphatic rings. The van der Waals surface area contributed by atoms with Crippen LogP contribution in [0.5, 0.6) is 0 Å². The highest BCUT2D eigenvalue weighted by atomic mass is 32.2. The van der Waals surface area contributed by atoms with Crippen molar-refractivity contribution in [3.8, 4) is 0 Å². The van der Waals surface area contributed by atoms with Gasteiger partial charge in [0.2, 0.25) is 0 Å². The highest BCUT2D eigenvalue weighted by Gasteiger charge is 2.19. The zero-order valence-electron chi connectivity index (χ0n) is 11.9. The molecule has 4 nitrogen and oxygen atoms in total. The fraction of sp³-hybridized carbons (Fsp3) is 0.600. The monoisotopic (exact) mass is 291 g/mol. The number of pyridine rings is 1. The predicted octanol–water partition coefficient (Wildman–Crippen LogP) is 2.91. The van der Waals surface area contributed by atoms with Crippen molar-refractivity contribution in [2.24, 2.45) is 0 Å². The number of fused-ring (bicyclic) bond motifs is 1. The van der Waals surface area contributed by atoms with E-state index in [1.54, 1.807) is 7.11 Å². The van der Waals surface area contributed by atoms with Gasteiger partial charge in [0.05, 0.1) is 0 Å². The van der Waals surface area contributed by atoms with Gasteiger partial charge in [0.1, 0.15) is 11.3 Å². The highest BCUT2D eigenvalue weighted by Crippen LogP contribution is 2.29. The van der Waals surface area contributed by atoms with Crippen molar-refractivity contribution >= 4 is 22.9 Å². The van der Waals surface area contributed by atoms with Crippen LogP contribution in [0.15, 0.2) is 18.3 Å². The molecule has 1 fully saturated rings. The fourth-order valence-electron chi connectivity index (χ4n) is 2.75. The topological polar surface area (TPSA) is 39.9 Å². The van der Waals surface area contributed by atoms with E-state index < -0.39 is 0 Å². The van der Waals surface area contributed by atoms with Gasteiger partial charge in [0.25, 0.3) is 0 Å². The Balaban J connectivity index is 1.86. The number of aromatic nitrogens is 3. The average Bonchev–Trinajstić information content (AvgIpc) is 3.09. The number of ether oxygens (including phenoxy) is 1. The molecule has 0 radical (unpaired) electrons. The van der Waals surface area contributed by atoms with Crippen LogP contribution in [0.4, 0.5) is 0 Å². The van der Waals surface area contributed by atoms with Gasteiger partial charge in [-0.1, -0.05) is 0 Å². The Labute approximate surface area is 123 Å². The number of imidazole rings is 1. The summed E-state index contributed by atoms with van der Waals surface area (Å²) in [7, 11) is 1.75. The van der Waals surface area contributed by atoms with Crippen LogP contribution in [0.25, 0.3) is 11.2 Å². The molecule has 108 valence electrons. The average molecular weight is 291 g/mol. The van der Waals surface area contributed by atoms with Crippen LogP contribution < -0.4 is 0 Å². The number of aryl methyl sites for hydroxylation is 1. The molecule has 2 aromatic heterocycles. The lowest BCUT2D eigenvalue weighted by Gasteiger charge is -2.13. The van der Waals surface area contributed by atoms with E-state index >= 15 is 0 Å². The number of hydrogen-bond acceptors (Lipinski definition) is 4. The SMILES string of the molecule is COCCCc1nc2cccnc2n1CC1CCCS1. The van der Waals surface area contributed by atoms with Crippen molar-refractivity contribution in [3.63, 3.8) is 0 Å². The summed E-state index contributed by atoms with van der Waals surface area (Å²) in [6, 6.07) is 4.02. The van der Waals surface area contributed by atoms with Gasteiger partial charge in [0, 0.05) is 38.1 Å². The number of methoxy groups -OCH3 is 1. The van der Waals surface area contributed by atoms with Gasteiger partial charge in [-0.3, -0.25) is 0 Å². The van der Waals surface area contributed by atoms with Crippen molar-refractivity contribution in [1.82, 2.24) is 14.5 Å². The second kappa shape index (κ2) is 6.59. The molecule has 0 bridgehead atoms. The Kier molecular flexibility index (Phi) is 4.58. The summed E-state index contributed by atoms with van der Waals surface area (Å²) in [5.74, 6) is 2.45. The molecule has 0 spiro atoms. The summed E-state index contributed by atoms with van der Waals surface area (Å²) in [6.45, 7) is 1.83. The van der Waals surface area contributed by atoms with E-state index in [0.717, 1.165) is 48.2 Å². The Bertz CT molecular complexity index is 563. The predicted molar refractivity (Wildman–Crippen MR) is 83.2 cm³/mol.